The molecule has 108 valence electrons. The molecule has 1 aliphatic rings. The summed E-state index contributed by atoms with van der Waals surface area (Å²) >= 11 is 0. The number of hydrogen-bond acceptors (Lipinski definition) is 7. The zero-order valence-electron chi connectivity index (χ0n) is 10.7. The Morgan fingerprint density at radius 1 is 1.24 bits per heavy atom. The van der Waals surface area contributed by atoms with Crippen molar-refractivity contribution >= 4 is 11.4 Å². The Morgan fingerprint density at radius 3 is 2.81 bits per heavy atom. The van der Waals surface area contributed by atoms with Gasteiger partial charge in [-0.05, 0) is 24.3 Å². The lowest BCUT2D eigenvalue weighted by molar-refractivity contribution is -0.384. The molecule has 3 N–H and O–H groups in total. The van der Waals surface area contributed by atoms with Gasteiger partial charge >= 0.3 is 5.69 Å². The van der Waals surface area contributed by atoms with Crippen molar-refractivity contribution in [2.75, 3.05) is 12.2 Å². The van der Waals surface area contributed by atoms with Gasteiger partial charge in [-0.1, -0.05) is 6.07 Å². The predicted octanol–water partition coefficient (Wildman–Crippen LogP) is 2.40. The third-order valence-corrected chi connectivity index (χ3v) is 2.91. The van der Waals surface area contributed by atoms with Crippen molar-refractivity contribution < 1.29 is 19.1 Å². The van der Waals surface area contributed by atoms with Gasteiger partial charge in [-0.3, -0.25) is 16.0 Å². The number of para-hydroxylation sites is 1. The Hall–Kier alpha value is -3.00. The molecule has 0 fully saturated rings. The van der Waals surface area contributed by atoms with Gasteiger partial charge in [0.2, 0.25) is 12.5 Å². The number of nitrogens with zero attached hydrogens (tertiary/aromatic N) is 1. The van der Waals surface area contributed by atoms with Crippen molar-refractivity contribution in [3.8, 4) is 23.0 Å². The van der Waals surface area contributed by atoms with E-state index < -0.39 is 4.92 Å². The molecule has 0 radical (unpaired) electrons. The number of nitro groups is 1. The molecule has 0 amide bonds. The van der Waals surface area contributed by atoms with Gasteiger partial charge in [0.15, 0.2) is 11.5 Å². The lowest BCUT2D eigenvalue weighted by Gasteiger charge is -2.09. The summed E-state index contributed by atoms with van der Waals surface area (Å²) in [7, 11) is 0. The largest absolute Gasteiger partial charge is 0.454 e. The predicted molar refractivity (Wildman–Crippen MR) is 73.5 cm³/mol. The van der Waals surface area contributed by atoms with Crippen molar-refractivity contribution in [3.63, 3.8) is 0 Å². The summed E-state index contributed by atoms with van der Waals surface area (Å²) in [5.74, 6) is 6.89. The van der Waals surface area contributed by atoms with E-state index in [-0.39, 0.29) is 23.9 Å². The minimum absolute atomic E-state index is 0.0781. The fourth-order valence-corrected chi connectivity index (χ4v) is 1.98. The molecular weight excluding hydrogens is 278 g/mol. The molecule has 0 unspecified atom stereocenters. The zero-order valence-corrected chi connectivity index (χ0v) is 10.7. The van der Waals surface area contributed by atoms with E-state index in [4.69, 9.17) is 20.1 Å². The van der Waals surface area contributed by atoms with E-state index >= 15 is 0 Å². The van der Waals surface area contributed by atoms with E-state index in [1.165, 1.54) is 12.1 Å². The number of nitrogen functional groups attached to an aromatic ring is 1. The molecule has 1 heterocycles. The first-order valence-corrected chi connectivity index (χ1v) is 6.00. The summed E-state index contributed by atoms with van der Waals surface area (Å²) in [5.41, 5.74) is 2.21. The van der Waals surface area contributed by atoms with Crippen LogP contribution >= 0.6 is 0 Å². The Balaban J connectivity index is 1.96. The highest BCUT2D eigenvalue weighted by Gasteiger charge is 2.22. The zero-order chi connectivity index (χ0) is 14.8. The van der Waals surface area contributed by atoms with Gasteiger partial charge in [-0.25, -0.2) is 0 Å². The van der Waals surface area contributed by atoms with Crippen LogP contribution in [0.4, 0.5) is 11.4 Å². The standard InChI is InChI=1S/C13H11N3O5/c14-15-9-2-1-3-11(13(9)16(17)18)21-8-4-5-10-12(6-8)20-7-19-10/h1-6,15H,7,14H2. The maximum absolute atomic E-state index is 11.2. The van der Waals surface area contributed by atoms with Crippen LogP contribution in [0.5, 0.6) is 23.0 Å². The maximum Gasteiger partial charge on any atom is 0.335 e. The van der Waals surface area contributed by atoms with Gasteiger partial charge in [-0.15, -0.1) is 0 Å². The first-order chi connectivity index (χ1) is 10.2. The second-order valence-electron chi connectivity index (χ2n) is 4.17. The molecule has 21 heavy (non-hydrogen) atoms. The monoisotopic (exact) mass is 289 g/mol. The van der Waals surface area contributed by atoms with Crippen molar-refractivity contribution in [2.45, 2.75) is 0 Å². The van der Waals surface area contributed by atoms with Crippen LogP contribution in [0.1, 0.15) is 0 Å². The number of rotatable bonds is 4. The van der Waals surface area contributed by atoms with Crippen LogP contribution in [0.2, 0.25) is 0 Å². The van der Waals surface area contributed by atoms with Crippen LogP contribution in [-0.2, 0) is 0 Å². The quantitative estimate of drug-likeness (QED) is 0.505. The second-order valence-corrected chi connectivity index (χ2v) is 4.17. The minimum Gasteiger partial charge on any atom is -0.454 e. The van der Waals surface area contributed by atoms with Crippen LogP contribution in [0.25, 0.3) is 0 Å². The number of hydrazine groups is 1. The summed E-state index contributed by atoms with van der Waals surface area (Å²) in [4.78, 5) is 10.6. The van der Waals surface area contributed by atoms with E-state index in [0.717, 1.165) is 0 Å². The summed E-state index contributed by atoms with van der Waals surface area (Å²) in [6.45, 7) is 0.144. The van der Waals surface area contributed by atoms with Crippen LogP contribution < -0.4 is 25.5 Å². The van der Waals surface area contributed by atoms with Gasteiger partial charge in [0.1, 0.15) is 11.4 Å². The number of nitrogens with one attached hydrogen (secondary N) is 1. The van der Waals surface area contributed by atoms with Crippen LogP contribution in [0.3, 0.4) is 0 Å². The molecule has 8 heteroatoms. The molecule has 0 aromatic heterocycles. The van der Waals surface area contributed by atoms with Crippen LogP contribution in [0.15, 0.2) is 36.4 Å². The van der Waals surface area contributed by atoms with Gasteiger partial charge in [0.25, 0.3) is 0 Å². The summed E-state index contributed by atoms with van der Waals surface area (Å²) in [6.07, 6.45) is 0. The molecule has 0 aliphatic carbocycles. The molecule has 2 aromatic carbocycles. The van der Waals surface area contributed by atoms with Gasteiger partial charge in [-0.2, -0.15) is 0 Å². The van der Waals surface area contributed by atoms with E-state index in [1.807, 2.05) is 0 Å². The van der Waals surface area contributed by atoms with E-state index in [9.17, 15) is 10.1 Å². The van der Waals surface area contributed by atoms with Crippen LogP contribution in [0, 0.1) is 10.1 Å². The fourth-order valence-electron chi connectivity index (χ4n) is 1.98. The number of benzene rings is 2. The molecule has 0 spiro atoms. The van der Waals surface area contributed by atoms with Crippen molar-refractivity contribution in [3.05, 3.63) is 46.5 Å². The molecule has 0 saturated carbocycles. The molecule has 0 bridgehead atoms. The van der Waals surface area contributed by atoms with Crippen molar-refractivity contribution in [2.24, 2.45) is 5.84 Å². The highest BCUT2D eigenvalue weighted by Crippen LogP contribution is 2.40. The lowest BCUT2D eigenvalue weighted by Crippen LogP contribution is -2.09. The number of fused-ring (bicyclic) bond motifs is 1. The Labute approximate surface area is 119 Å². The number of nitro benzene ring substituents is 1. The van der Waals surface area contributed by atoms with Crippen molar-refractivity contribution in [1.29, 1.82) is 0 Å². The number of anilines is 1. The average Bonchev–Trinajstić information content (AvgIpc) is 2.94. The third kappa shape index (κ3) is 2.39. The van der Waals surface area contributed by atoms with Crippen LogP contribution in [-0.4, -0.2) is 11.7 Å². The Bertz CT molecular complexity index is 704. The summed E-state index contributed by atoms with van der Waals surface area (Å²) in [6, 6.07) is 9.50. The SMILES string of the molecule is NNc1cccc(Oc2ccc3c(c2)OCO3)c1[N+](=O)[O-]. The Kier molecular flexibility index (Phi) is 3.20. The number of ether oxygens (including phenoxy) is 3. The van der Waals surface area contributed by atoms with E-state index in [1.54, 1.807) is 24.3 Å². The lowest BCUT2D eigenvalue weighted by atomic mass is 10.2. The first-order valence-electron chi connectivity index (χ1n) is 6.00. The average molecular weight is 289 g/mol. The van der Waals surface area contributed by atoms with Gasteiger partial charge < -0.3 is 19.6 Å². The summed E-state index contributed by atoms with van der Waals surface area (Å²) < 4.78 is 16.0. The van der Waals surface area contributed by atoms with Crippen molar-refractivity contribution in [1.82, 2.24) is 0 Å². The topological polar surface area (TPSA) is 109 Å². The maximum atomic E-state index is 11.2. The van der Waals surface area contributed by atoms with E-state index in [0.29, 0.717) is 17.2 Å². The normalized spacial score (nSPS) is 12.0. The third-order valence-electron chi connectivity index (χ3n) is 2.91. The molecule has 3 rings (SSSR count). The molecular formula is C13H11N3O5. The molecule has 8 nitrogen and oxygen atoms in total. The highest BCUT2D eigenvalue weighted by molar-refractivity contribution is 5.68. The first kappa shape index (κ1) is 13.0. The molecule has 0 saturated heterocycles. The summed E-state index contributed by atoms with van der Waals surface area (Å²) in [5, 5.41) is 11.2. The number of hydrogen-bond donors (Lipinski definition) is 2. The second kappa shape index (κ2) is 5.17. The molecule has 2 aromatic rings. The smallest absolute Gasteiger partial charge is 0.335 e. The van der Waals surface area contributed by atoms with Gasteiger partial charge in [0.05, 0.1) is 4.92 Å². The number of nitrogens with two attached hydrogens (primary N) is 1. The van der Waals surface area contributed by atoms with Gasteiger partial charge in [0, 0.05) is 6.07 Å². The highest BCUT2D eigenvalue weighted by atomic mass is 16.7. The molecule has 0 atom stereocenters. The Morgan fingerprint density at radius 2 is 2.05 bits per heavy atom. The minimum atomic E-state index is -0.558. The molecule has 1 aliphatic heterocycles. The van der Waals surface area contributed by atoms with E-state index in [2.05, 4.69) is 5.43 Å². The fraction of sp³-hybridized carbons (Fsp3) is 0.0769.